The van der Waals surface area contributed by atoms with Gasteiger partial charge in [-0.1, -0.05) is 36.4 Å². The van der Waals surface area contributed by atoms with E-state index >= 15 is 0 Å². The topological polar surface area (TPSA) is 75.3 Å². The minimum atomic E-state index is -3.75. The highest BCUT2D eigenvalue weighted by atomic mass is 32.2. The van der Waals surface area contributed by atoms with Gasteiger partial charge in [-0.25, -0.2) is 12.8 Å². The Kier molecular flexibility index (Phi) is 5.75. The normalized spacial score (nSPS) is 11.1. The minimum Gasteiger partial charge on any atom is -0.348 e. The maximum absolute atomic E-state index is 13.0. The molecule has 0 radical (unpaired) electrons. The summed E-state index contributed by atoms with van der Waals surface area (Å²) in [6, 6.07) is 18.7. The Morgan fingerprint density at radius 2 is 1.61 bits per heavy atom. The molecule has 0 bridgehead atoms. The first kappa shape index (κ1) is 19.6. The zero-order chi connectivity index (χ0) is 20.1. The van der Waals surface area contributed by atoms with Crippen LogP contribution in [0, 0.1) is 12.7 Å². The number of halogens is 1. The molecule has 0 aliphatic heterocycles. The van der Waals surface area contributed by atoms with E-state index in [0.717, 1.165) is 5.56 Å². The number of hydrogen-bond donors (Lipinski definition) is 2. The third kappa shape index (κ3) is 4.55. The Balaban J connectivity index is 1.77. The number of anilines is 1. The van der Waals surface area contributed by atoms with E-state index in [-0.39, 0.29) is 23.2 Å². The van der Waals surface area contributed by atoms with Crippen molar-refractivity contribution in [3.63, 3.8) is 0 Å². The van der Waals surface area contributed by atoms with Crippen LogP contribution in [0.1, 0.15) is 21.5 Å². The fourth-order valence-electron chi connectivity index (χ4n) is 2.68. The van der Waals surface area contributed by atoms with Crippen LogP contribution >= 0.6 is 0 Å². The number of rotatable bonds is 6. The van der Waals surface area contributed by atoms with Gasteiger partial charge in [0.05, 0.1) is 10.6 Å². The number of hydrogen-bond acceptors (Lipinski definition) is 3. The molecule has 144 valence electrons. The van der Waals surface area contributed by atoms with E-state index < -0.39 is 10.0 Å². The largest absolute Gasteiger partial charge is 0.348 e. The van der Waals surface area contributed by atoms with Gasteiger partial charge in [0.1, 0.15) is 5.82 Å². The molecule has 3 aromatic carbocycles. The predicted molar refractivity (Wildman–Crippen MR) is 106 cm³/mol. The van der Waals surface area contributed by atoms with E-state index in [2.05, 4.69) is 10.0 Å². The van der Waals surface area contributed by atoms with Crippen molar-refractivity contribution in [2.75, 3.05) is 4.72 Å². The fourth-order valence-corrected chi connectivity index (χ4v) is 3.82. The molecule has 0 heterocycles. The highest BCUT2D eigenvalue weighted by molar-refractivity contribution is 7.92. The van der Waals surface area contributed by atoms with Crippen LogP contribution < -0.4 is 10.0 Å². The molecular weight excluding hydrogens is 379 g/mol. The molecule has 0 fully saturated rings. The number of amides is 1. The van der Waals surface area contributed by atoms with Crippen molar-refractivity contribution in [1.82, 2.24) is 5.32 Å². The van der Waals surface area contributed by atoms with Gasteiger partial charge in [-0.05, 0) is 54.4 Å². The Morgan fingerprint density at radius 1 is 0.929 bits per heavy atom. The highest BCUT2D eigenvalue weighted by Gasteiger charge is 2.17. The van der Waals surface area contributed by atoms with Crippen molar-refractivity contribution >= 4 is 21.6 Å². The zero-order valence-corrected chi connectivity index (χ0v) is 16.0. The van der Waals surface area contributed by atoms with Crippen molar-refractivity contribution in [1.29, 1.82) is 0 Å². The lowest BCUT2D eigenvalue weighted by molar-refractivity contribution is 0.0950. The highest BCUT2D eigenvalue weighted by Crippen LogP contribution is 2.22. The summed E-state index contributed by atoms with van der Waals surface area (Å²) in [5.41, 5.74) is 1.96. The van der Waals surface area contributed by atoms with Crippen LogP contribution in [0.2, 0.25) is 0 Å². The monoisotopic (exact) mass is 398 g/mol. The summed E-state index contributed by atoms with van der Waals surface area (Å²) in [5, 5.41) is 2.76. The average Bonchev–Trinajstić information content (AvgIpc) is 2.69. The molecule has 0 aliphatic rings. The Hall–Kier alpha value is -3.19. The second-order valence-electron chi connectivity index (χ2n) is 6.21. The summed E-state index contributed by atoms with van der Waals surface area (Å²) in [5.74, 6) is -0.688. The van der Waals surface area contributed by atoms with E-state index in [9.17, 15) is 17.6 Å². The van der Waals surface area contributed by atoms with E-state index in [1.54, 1.807) is 55.5 Å². The summed E-state index contributed by atoms with van der Waals surface area (Å²) in [4.78, 5) is 12.7. The van der Waals surface area contributed by atoms with Crippen LogP contribution in [0.3, 0.4) is 0 Å². The molecule has 0 aromatic heterocycles. The second kappa shape index (κ2) is 8.22. The van der Waals surface area contributed by atoms with Crippen LogP contribution in [-0.2, 0) is 16.6 Å². The summed E-state index contributed by atoms with van der Waals surface area (Å²) in [6.45, 7) is 1.91. The van der Waals surface area contributed by atoms with Crippen LogP contribution in [-0.4, -0.2) is 14.3 Å². The van der Waals surface area contributed by atoms with Gasteiger partial charge in [0.15, 0.2) is 0 Å². The quantitative estimate of drug-likeness (QED) is 0.662. The molecular formula is C21H19FN2O3S. The molecule has 0 saturated carbocycles. The van der Waals surface area contributed by atoms with E-state index in [0.29, 0.717) is 16.8 Å². The lowest BCUT2D eigenvalue weighted by Crippen LogP contribution is -2.24. The number of carbonyl (C=O) groups excluding carboxylic acids is 1. The Morgan fingerprint density at radius 3 is 2.29 bits per heavy atom. The van der Waals surface area contributed by atoms with Crippen molar-refractivity contribution in [2.45, 2.75) is 18.4 Å². The van der Waals surface area contributed by atoms with Crippen LogP contribution in [0.15, 0.2) is 77.7 Å². The van der Waals surface area contributed by atoms with Gasteiger partial charge >= 0.3 is 0 Å². The van der Waals surface area contributed by atoms with Gasteiger partial charge in [0.2, 0.25) is 0 Å². The lowest BCUT2D eigenvalue weighted by atomic mass is 10.1. The number of nitrogens with one attached hydrogen (secondary N) is 2. The number of sulfonamides is 1. The summed E-state index contributed by atoms with van der Waals surface area (Å²) < 4.78 is 40.6. The smallest absolute Gasteiger partial charge is 0.261 e. The molecule has 2 N–H and O–H groups in total. The first-order valence-electron chi connectivity index (χ1n) is 8.57. The molecule has 0 atom stereocenters. The Labute approximate surface area is 163 Å². The molecule has 0 saturated heterocycles. The average molecular weight is 398 g/mol. The third-order valence-corrected chi connectivity index (χ3v) is 5.62. The molecule has 3 rings (SSSR count). The molecule has 0 unspecified atom stereocenters. The van der Waals surface area contributed by atoms with Crippen LogP contribution in [0.25, 0.3) is 0 Å². The Bertz CT molecular complexity index is 1080. The zero-order valence-electron chi connectivity index (χ0n) is 15.1. The van der Waals surface area contributed by atoms with Gasteiger partial charge in [0.25, 0.3) is 15.9 Å². The second-order valence-corrected chi connectivity index (χ2v) is 7.89. The van der Waals surface area contributed by atoms with E-state index in [1.807, 2.05) is 0 Å². The van der Waals surface area contributed by atoms with Gasteiger partial charge < -0.3 is 5.32 Å². The molecule has 0 aliphatic carbocycles. The van der Waals surface area contributed by atoms with Gasteiger partial charge in [-0.3, -0.25) is 9.52 Å². The van der Waals surface area contributed by atoms with E-state index in [4.69, 9.17) is 0 Å². The molecule has 5 nitrogen and oxygen atoms in total. The van der Waals surface area contributed by atoms with Crippen LogP contribution in [0.5, 0.6) is 0 Å². The number of benzene rings is 3. The molecule has 1 amide bonds. The molecule has 28 heavy (non-hydrogen) atoms. The van der Waals surface area contributed by atoms with Crippen molar-refractivity contribution < 1.29 is 17.6 Å². The van der Waals surface area contributed by atoms with Crippen molar-refractivity contribution in [2.24, 2.45) is 0 Å². The summed E-state index contributed by atoms with van der Waals surface area (Å²) >= 11 is 0. The maximum Gasteiger partial charge on any atom is 0.261 e. The molecule has 0 spiro atoms. The van der Waals surface area contributed by atoms with Crippen molar-refractivity contribution in [3.8, 4) is 0 Å². The molecule has 7 heteroatoms. The third-order valence-electron chi connectivity index (χ3n) is 4.24. The van der Waals surface area contributed by atoms with E-state index in [1.165, 1.54) is 24.3 Å². The maximum atomic E-state index is 13.0. The predicted octanol–water partition coefficient (Wildman–Crippen LogP) is 3.86. The van der Waals surface area contributed by atoms with Gasteiger partial charge in [0, 0.05) is 12.1 Å². The minimum absolute atomic E-state index is 0.139. The molecule has 3 aromatic rings. The lowest BCUT2D eigenvalue weighted by Gasteiger charge is -2.14. The van der Waals surface area contributed by atoms with Crippen molar-refractivity contribution in [3.05, 3.63) is 95.3 Å². The first-order valence-corrected chi connectivity index (χ1v) is 10.1. The fraction of sp³-hybridized carbons (Fsp3) is 0.0952. The summed E-state index contributed by atoms with van der Waals surface area (Å²) in [6.07, 6.45) is 0. The summed E-state index contributed by atoms with van der Waals surface area (Å²) in [7, 11) is -3.75. The van der Waals surface area contributed by atoms with Gasteiger partial charge in [-0.2, -0.15) is 0 Å². The van der Waals surface area contributed by atoms with Crippen LogP contribution in [0.4, 0.5) is 10.1 Å². The van der Waals surface area contributed by atoms with Gasteiger partial charge in [-0.15, -0.1) is 0 Å². The number of carbonyl (C=O) groups is 1. The first-order chi connectivity index (χ1) is 13.4. The standard InChI is InChI=1S/C21H19FN2O3S/c1-15-19(21(25)23-14-16-10-12-17(22)13-11-16)8-5-9-20(15)24-28(26,27)18-6-3-2-4-7-18/h2-13,24H,14H2,1H3,(H,23,25). The SMILES string of the molecule is Cc1c(NS(=O)(=O)c2ccccc2)cccc1C(=O)NCc1ccc(F)cc1.